The summed E-state index contributed by atoms with van der Waals surface area (Å²) in [6.45, 7) is 0.442. The molecule has 0 bridgehead atoms. The van der Waals surface area contributed by atoms with Crippen molar-refractivity contribution in [3.8, 4) is 0 Å². The number of anilines is 1. The lowest BCUT2D eigenvalue weighted by atomic mass is 10.1. The van der Waals surface area contributed by atoms with Crippen molar-refractivity contribution >= 4 is 27.5 Å². The number of hydrogen-bond acceptors (Lipinski definition) is 2. The molecule has 0 heterocycles. The Morgan fingerprint density at radius 1 is 1.26 bits per heavy atom. The Balaban J connectivity index is 2.14. The fourth-order valence-electron chi connectivity index (χ4n) is 1.72. The predicted molar refractivity (Wildman–Crippen MR) is 76.4 cm³/mol. The van der Waals surface area contributed by atoms with Crippen LogP contribution in [-0.4, -0.2) is 5.91 Å². The zero-order valence-electron chi connectivity index (χ0n) is 9.99. The van der Waals surface area contributed by atoms with Gasteiger partial charge >= 0.3 is 0 Å². The Morgan fingerprint density at radius 2 is 2.00 bits per heavy atom. The summed E-state index contributed by atoms with van der Waals surface area (Å²) in [6, 6.07) is 11.7. The van der Waals surface area contributed by atoms with Gasteiger partial charge < -0.3 is 11.1 Å². The van der Waals surface area contributed by atoms with E-state index in [2.05, 4.69) is 21.2 Å². The van der Waals surface area contributed by atoms with Gasteiger partial charge in [0.15, 0.2) is 0 Å². The third kappa shape index (κ3) is 3.32. The molecule has 0 aromatic heterocycles. The van der Waals surface area contributed by atoms with Crippen LogP contribution in [0.5, 0.6) is 0 Å². The fourth-order valence-corrected chi connectivity index (χ4v) is 2.10. The van der Waals surface area contributed by atoms with E-state index in [9.17, 15) is 9.18 Å². The smallest absolute Gasteiger partial charge is 0.249 e. The number of rotatable bonds is 4. The molecule has 0 aliphatic carbocycles. The van der Waals surface area contributed by atoms with Gasteiger partial charge in [-0.25, -0.2) is 4.39 Å². The van der Waals surface area contributed by atoms with Gasteiger partial charge in [-0.05, 0) is 45.8 Å². The van der Waals surface area contributed by atoms with Crippen LogP contribution in [0.25, 0.3) is 0 Å². The van der Waals surface area contributed by atoms with Crippen LogP contribution in [0.4, 0.5) is 10.1 Å². The van der Waals surface area contributed by atoms with Gasteiger partial charge in [0.1, 0.15) is 5.82 Å². The molecule has 2 aromatic rings. The zero-order valence-corrected chi connectivity index (χ0v) is 11.6. The molecule has 0 atom stereocenters. The monoisotopic (exact) mass is 322 g/mol. The van der Waals surface area contributed by atoms with Gasteiger partial charge in [0.25, 0.3) is 0 Å². The van der Waals surface area contributed by atoms with E-state index < -0.39 is 5.91 Å². The van der Waals surface area contributed by atoms with Gasteiger partial charge in [-0.3, -0.25) is 4.79 Å². The molecule has 19 heavy (non-hydrogen) atoms. The maximum Gasteiger partial charge on any atom is 0.249 e. The van der Waals surface area contributed by atoms with Crippen molar-refractivity contribution in [2.75, 3.05) is 5.32 Å². The van der Waals surface area contributed by atoms with Gasteiger partial charge in [-0.1, -0.05) is 18.2 Å². The Bertz CT molecular complexity index is 616. The molecule has 3 nitrogen and oxygen atoms in total. The van der Waals surface area contributed by atoms with Crippen molar-refractivity contribution in [2.24, 2.45) is 5.73 Å². The summed E-state index contributed by atoms with van der Waals surface area (Å²) < 4.78 is 13.5. The average Bonchev–Trinajstić information content (AvgIpc) is 2.40. The van der Waals surface area contributed by atoms with Crippen LogP contribution in [0.3, 0.4) is 0 Å². The summed E-state index contributed by atoms with van der Waals surface area (Å²) in [4.78, 5) is 11.3. The molecule has 0 aliphatic heterocycles. The lowest BCUT2D eigenvalue weighted by Crippen LogP contribution is -2.15. The molecule has 0 unspecified atom stereocenters. The highest BCUT2D eigenvalue weighted by molar-refractivity contribution is 9.10. The fraction of sp³-hybridized carbons (Fsp3) is 0.0714. The van der Waals surface area contributed by atoms with Gasteiger partial charge in [0.05, 0.1) is 4.47 Å². The first kappa shape index (κ1) is 13.5. The van der Waals surface area contributed by atoms with E-state index in [1.54, 1.807) is 24.3 Å². The maximum absolute atomic E-state index is 13.1. The molecule has 1 amide bonds. The number of benzene rings is 2. The van der Waals surface area contributed by atoms with E-state index in [0.717, 1.165) is 11.3 Å². The Labute approximate surface area is 118 Å². The minimum Gasteiger partial charge on any atom is -0.381 e. The molecule has 0 radical (unpaired) electrons. The Hall–Kier alpha value is -1.88. The summed E-state index contributed by atoms with van der Waals surface area (Å²) >= 11 is 3.12. The summed E-state index contributed by atoms with van der Waals surface area (Å²) in [7, 11) is 0. The quantitative estimate of drug-likeness (QED) is 0.907. The highest BCUT2D eigenvalue weighted by Crippen LogP contribution is 2.20. The van der Waals surface area contributed by atoms with Crippen molar-refractivity contribution < 1.29 is 9.18 Å². The number of halogens is 2. The summed E-state index contributed by atoms with van der Waals surface area (Å²) in [6.07, 6.45) is 0. The van der Waals surface area contributed by atoms with Crippen LogP contribution in [0, 0.1) is 5.82 Å². The number of carbonyl (C=O) groups excluding carboxylic acids is 1. The molecular formula is C14H12BrFN2O. The second kappa shape index (κ2) is 5.84. The second-order valence-corrected chi connectivity index (χ2v) is 4.86. The number of nitrogens with two attached hydrogens (primary N) is 1. The van der Waals surface area contributed by atoms with E-state index in [-0.39, 0.29) is 5.82 Å². The van der Waals surface area contributed by atoms with Gasteiger partial charge in [-0.2, -0.15) is 0 Å². The van der Waals surface area contributed by atoms with Crippen LogP contribution in [-0.2, 0) is 6.54 Å². The molecule has 0 fully saturated rings. The number of primary amides is 1. The van der Waals surface area contributed by atoms with E-state index in [1.165, 1.54) is 6.07 Å². The van der Waals surface area contributed by atoms with E-state index in [1.807, 2.05) is 12.1 Å². The second-order valence-electron chi connectivity index (χ2n) is 4.00. The average molecular weight is 323 g/mol. The number of carbonyl (C=O) groups is 1. The topological polar surface area (TPSA) is 55.1 Å². The van der Waals surface area contributed by atoms with Crippen molar-refractivity contribution in [3.63, 3.8) is 0 Å². The van der Waals surface area contributed by atoms with Crippen molar-refractivity contribution in [3.05, 3.63) is 63.9 Å². The highest BCUT2D eigenvalue weighted by Gasteiger charge is 2.07. The van der Waals surface area contributed by atoms with Gasteiger partial charge in [-0.15, -0.1) is 0 Å². The first-order valence-electron chi connectivity index (χ1n) is 5.64. The van der Waals surface area contributed by atoms with Crippen molar-refractivity contribution in [2.45, 2.75) is 6.54 Å². The number of hydrogen-bond donors (Lipinski definition) is 2. The molecule has 2 aromatic carbocycles. The first-order valence-corrected chi connectivity index (χ1v) is 6.44. The highest BCUT2D eigenvalue weighted by atomic mass is 79.9. The molecule has 0 saturated heterocycles. The lowest BCUT2D eigenvalue weighted by Gasteiger charge is -2.10. The normalized spacial score (nSPS) is 10.2. The van der Waals surface area contributed by atoms with Crippen LogP contribution in [0.1, 0.15) is 15.9 Å². The molecule has 3 N–H and O–H groups in total. The summed E-state index contributed by atoms with van der Waals surface area (Å²) in [5.74, 6) is -0.777. The Kier molecular flexibility index (Phi) is 4.16. The minimum absolute atomic E-state index is 0.317. The first-order chi connectivity index (χ1) is 9.08. The van der Waals surface area contributed by atoms with Crippen LogP contribution >= 0.6 is 15.9 Å². The standard InChI is InChI=1S/C14H12BrFN2O/c15-12-7-10(5-6-13(12)16)18-8-9-3-1-2-4-11(9)14(17)19/h1-7,18H,8H2,(H2,17,19). The molecule has 0 spiro atoms. The van der Waals surface area contributed by atoms with Gasteiger partial charge in [0, 0.05) is 17.8 Å². The molecule has 0 aliphatic rings. The third-order valence-electron chi connectivity index (χ3n) is 2.69. The van der Waals surface area contributed by atoms with Crippen LogP contribution < -0.4 is 11.1 Å². The minimum atomic E-state index is -0.460. The van der Waals surface area contributed by atoms with E-state index >= 15 is 0 Å². The summed E-state index contributed by atoms with van der Waals surface area (Å²) in [5, 5.41) is 3.12. The SMILES string of the molecule is NC(=O)c1ccccc1CNc1ccc(F)c(Br)c1. The van der Waals surface area contributed by atoms with Crippen LogP contribution in [0.15, 0.2) is 46.9 Å². The van der Waals surface area contributed by atoms with Gasteiger partial charge in [0.2, 0.25) is 5.91 Å². The number of amides is 1. The predicted octanol–water partition coefficient (Wildman–Crippen LogP) is 3.30. The maximum atomic E-state index is 13.1. The lowest BCUT2D eigenvalue weighted by molar-refractivity contribution is 0.0999. The van der Waals surface area contributed by atoms with E-state index in [4.69, 9.17) is 5.73 Å². The molecule has 0 saturated carbocycles. The van der Waals surface area contributed by atoms with Crippen molar-refractivity contribution in [1.82, 2.24) is 0 Å². The zero-order chi connectivity index (χ0) is 13.8. The third-order valence-corrected chi connectivity index (χ3v) is 3.29. The Morgan fingerprint density at radius 3 is 2.68 bits per heavy atom. The largest absolute Gasteiger partial charge is 0.381 e. The molecule has 5 heteroatoms. The number of nitrogens with one attached hydrogen (secondary N) is 1. The van der Waals surface area contributed by atoms with Crippen LogP contribution in [0.2, 0.25) is 0 Å². The summed E-state index contributed by atoms with van der Waals surface area (Å²) in [5.41, 5.74) is 7.34. The van der Waals surface area contributed by atoms with Crippen molar-refractivity contribution in [1.29, 1.82) is 0 Å². The molecular weight excluding hydrogens is 311 g/mol. The van der Waals surface area contributed by atoms with E-state index in [0.29, 0.717) is 16.6 Å². The molecule has 98 valence electrons. The molecule has 2 rings (SSSR count).